The van der Waals surface area contributed by atoms with Crippen molar-refractivity contribution in [3.05, 3.63) is 59.7 Å². The molecule has 0 saturated carbocycles. The van der Waals surface area contributed by atoms with E-state index in [2.05, 4.69) is 5.32 Å². The van der Waals surface area contributed by atoms with Crippen LogP contribution in [0.15, 0.2) is 48.5 Å². The van der Waals surface area contributed by atoms with Gasteiger partial charge in [-0.25, -0.2) is 0 Å². The molecule has 1 N–H and O–H groups in total. The van der Waals surface area contributed by atoms with Gasteiger partial charge in [-0.2, -0.15) is 0 Å². The van der Waals surface area contributed by atoms with E-state index in [1.165, 1.54) is 0 Å². The fourth-order valence-electron chi connectivity index (χ4n) is 2.50. The molecule has 0 radical (unpaired) electrons. The average molecular weight is 327 g/mol. The summed E-state index contributed by atoms with van der Waals surface area (Å²) in [6, 6.07) is 15.6. The molecule has 1 amide bonds. The molecular weight excluding hydrogens is 302 g/mol. The third-order valence-corrected chi connectivity index (χ3v) is 3.84. The molecule has 2 rings (SSSR count). The number of methoxy groups -OCH3 is 1. The Balaban J connectivity index is 1.84. The number of nitrogens with one attached hydrogen (secondary N) is 1. The van der Waals surface area contributed by atoms with E-state index < -0.39 is 0 Å². The summed E-state index contributed by atoms with van der Waals surface area (Å²) >= 11 is 0. The number of ether oxygens (including phenoxy) is 2. The van der Waals surface area contributed by atoms with Gasteiger partial charge in [0.25, 0.3) is 0 Å². The van der Waals surface area contributed by atoms with Gasteiger partial charge in [-0.15, -0.1) is 0 Å². The van der Waals surface area contributed by atoms with E-state index in [9.17, 15) is 4.79 Å². The lowest BCUT2D eigenvalue weighted by molar-refractivity contribution is -0.121. The normalized spacial score (nSPS) is 11.6. The van der Waals surface area contributed by atoms with E-state index in [1.54, 1.807) is 7.11 Å². The SMILES string of the molecule is CCOc1ccc(C(C)NC(=O)CCc2cccc(OC)c2)cc1. The van der Waals surface area contributed by atoms with Gasteiger partial charge in [-0.1, -0.05) is 24.3 Å². The van der Waals surface area contributed by atoms with Crippen molar-refractivity contribution < 1.29 is 14.3 Å². The predicted octanol–water partition coefficient (Wildman–Crippen LogP) is 3.90. The first-order valence-electron chi connectivity index (χ1n) is 8.27. The molecule has 0 aliphatic rings. The maximum Gasteiger partial charge on any atom is 0.220 e. The Hall–Kier alpha value is -2.49. The van der Waals surface area contributed by atoms with Gasteiger partial charge in [-0.3, -0.25) is 4.79 Å². The van der Waals surface area contributed by atoms with E-state index >= 15 is 0 Å². The number of benzene rings is 2. The molecule has 24 heavy (non-hydrogen) atoms. The second kappa shape index (κ2) is 8.96. The molecule has 4 nitrogen and oxygen atoms in total. The first kappa shape index (κ1) is 17.9. The number of amides is 1. The highest BCUT2D eigenvalue weighted by molar-refractivity contribution is 5.76. The molecule has 0 aromatic heterocycles. The quantitative estimate of drug-likeness (QED) is 0.800. The van der Waals surface area contributed by atoms with Crippen molar-refractivity contribution >= 4 is 5.91 Å². The minimum absolute atomic E-state index is 0.0292. The summed E-state index contributed by atoms with van der Waals surface area (Å²) in [5, 5.41) is 3.04. The lowest BCUT2D eigenvalue weighted by Gasteiger charge is -2.15. The third kappa shape index (κ3) is 5.30. The zero-order chi connectivity index (χ0) is 17.4. The minimum Gasteiger partial charge on any atom is -0.497 e. The summed E-state index contributed by atoms with van der Waals surface area (Å²) in [4.78, 5) is 12.2. The zero-order valence-corrected chi connectivity index (χ0v) is 14.5. The van der Waals surface area contributed by atoms with Crippen LogP contribution in [0.5, 0.6) is 11.5 Å². The topological polar surface area (TPSA) is 47.6 Å². The van der Waals surface area contributed by atoms with Crippen LogP contribution in [0.4, 0.5) is 0 Å². The van der Waals surface area contributed by atoms with Gasteiger partial charge in [0.05, 0.1) is 19.8 Å². The largest absolute Gasteiger partial charge is 0.497 e. The molecule has 2 aromatic carbocycles. The fourth-order valence-corrected chi connectivity index (χ4v) is 2.50. The molecule has 0 fully saturated rings. The number of hydrogen-bond acceptors (Lipinski definition) is 3. The molecule has 1 unspecified atom stereocenters. The highest BCUT2D eigenvalue weighted by Crippen LogP contribution is 2.18. The first-order valence-corrected chi connectivity index (χ1v) is 8.27. The Morgan fingerprint density at radius 1 is 1.12 bits per heavy atom. The van der Waals surface area contributed by atoms with E-state index in [-0.39, 0.29) is 11.9 Å². The number of carbonyl (C=O) groups is 1. The summed E-state index contributed by atoms with van der Waals surface area (Å²) in [7, 11) is 1.64. The van der Waals surface area contributed by atoms with Gasteiger partial charge in [0, 0.05) is 6.42 Å². The third-order valence-electron chi connectivity index (χ3n) is 3.84. The fraction of sp³-hybridized carbons (Fsp3) is 0.350. The zero-order valence-electron chi connectivity index (χ0n) is 14.5. The molecule has 4 heteroatoms. The summed E-state index contributed by atoms with van der Waals surface area (Å²) < 4.78 is 10.6. The Labute approximate surface area is 143 Å². The summed E-state index contributed by atoms with van der Waals surface area (Å²) in [6.07, 6.45) is 1.15. The minimum atomic E-state index is -0.0292. The summed E-state index contributed by atoms with van der Waals surface area (Å²) in [6.45, 7) is 4.59. The number of aryl methyl sites for hydroxylation is 1. The van der Waals surface area contributed by atoms with Crippen LogP contribution >= 0.6 is 0 Å². The molecule has 2 aromatic rings. The highest BCUT2D eigenvalue weighted by atomic mass is 16.5. The second-order valence-electron chi connectivity index (χ2n) is 5.64. The Morgan fingerprint density at radius 2 is 1.88 bits per heavy atom. The van der Waals surface area contributed by atoms with Crippen LogP contribution < -0.4 is 14.8 Å². The predicted molar refractivity (Wildman–Crippen MR) is 95.5 cm³/mol. The van der Waals surface area contributed by atoms with E-state index in [0.717, 1.165) is 22.6 Å². The molecule has 0 aliphatic carbocycles. The van der Waals surface area contributed by atoms with Crippen LogP contribution in [0.2, 0.25) is 0 Å². The smallest absolute Gasteiger partial charge is 0.220 e. The van der Waals surface area contributed by atoms with E-state index in [1.807, 2.05) is 62.4 Å². The van der Waals surface area contributed by atoms with Crippen molar-refractivity contribution in [3.63, 3.8) is 0 Å². The van der Waals surface area contributed by atoms with Crippen molar-refractivity contribution in [3.8, 4) is 11.5 Å². The lowest BCUT2D eigenvalue weighted by Crippen LogP contribution is -2.26. The average Bonchev–Trinajstić information content (AvgIpc) is 2.61. The molecule has 0 aliphatic heterocycles. The number of carbonyl (C=O) groups excluding carboxylic acids is 1. The summed E-state index contributed by atoms with van der Waals surface area (Å²) in [5.41, 5.74) is 2.16. The van der Waals surface area contributed by atoms with Crippen LogP contribution in [0.25, 0.3) is 0 Å². The highest BCUT2D eigenvalue weighted by Gasteiger charge is 2.10. The molecule has 0 heterocycles. The molecule has 1 atom stereocenters. The monoisotopic (exact) mass is 327 g/mol. The number of hydrogen-bond donors (Lipinski definition) is 1. The van der Waals surface area contributed by atoms with Crippen molar-refractivity contribution in [1.82, 2.24) is 5.32 Å². The second-order valence-corrected chi connectivity index (χ2v) is 5.64. The summed E-state index contributed by atoms with van der Waals surface area (Å²) in [5.74, 6) is 1.70. The first-order chi connectivity index (χ1) is 11.6. The van der Waals surface area contributed by atoms with Gasteiger partial charge < -0.3 is 14.8 Å². The van der Waals surface area contributed by atoms with E-state index in [0.29, 0.717) is 19.4 Å². The van der Waals surface area contributed by atoms with Crippen molar-refractivity contribution in [2.75, 3.05) is 13.7 Å². The van der Waals surface area contributed by atoms with Crippen LogP contribution in [0.3, 0.4) is 0 Å². The van der Waals surface area contributed by atoms with Gasteiger partial charge in [0.1, 0.15) is 11.5 Å². The number of rotatable bonds is 8. The van der Waals surface area contributed by atoms with Crippen LogP contribution in [0, 0.1) is 0 Å². The Kier molecular flexibility index (Phi) is 6.67. The molecule has 128 valence electrons. The Morgan fingerprint density at radius 3 is 2.54 bits per heavy atom. The molecule has 0 saturated heterocycles. The van der Waals surface area contributed by atoms with Crippen LogP contribution in [0.1, 0.15) is 37.4 Å². The van der Waals surface area contributed by atoms with Crippen LogP contribution in [-0.2, 0) is 11.2 Å². The van der Waals surface area contributed by atoms with Crippen LogP contribution in [-0.4, -0.2) is 19.6 Å². The van der Waals surface area contributed by atoms with Gasteiger partial charge in [0.2, 0.25) is 5.91 Å². The van der Waals surface area contributed by atoms with Gasteiger partial charge >= 0.3 is 0 Å². The van der Waals surface area contributed by atoms with Crippen molar-refractivity contribution in [2.45, 2.75) is 32.7 Å². The molecule has 0 bridgehead atoms. The standard InChI is InChI=1S/C20H25NO3/c1-4-24-18-11-9-17(10-12-18)15(2)21-20(22)13-8-16-6-5-7-19(14-16)23-3/h5-7,9-12,14-15H,4,8,13H2,1-3H3,(H,21,22). The van der Waals surface area contributed by atoms with E-state index in [4.69, 9.17) is 9.47 Å². The van der Waals surface area contributed by atoms with Gasteiger partial charge in [-0.05, 0) is 55.7 Å². The Bertz CT molecular complexity index is 652. The molecular formula is C20H25NO3. The maximum atomic E-state index is 12.2. The van der Waals surface area contributed by atoms with Gasteiger partial charge in [0.15, 0.2) is 0 Å². The molecule has 0 spiro atoms. The lowest BCUT2D eigenvalue weighted by atomic mass is 10.1. The van der Waals surface area contributed by atoms with Crippen molar-refractivity contribution in [1.29, 1.82) is 0 Å². The maximum absolute atomic E-state index is 12.2. The van der Waals surface area contributed by atoms with Crippen molar-refractivity contribution in [2.24, 2.45) is 0 Å².